The molecule has 1 fully saturated rings. The second kappa shape index (κ2) is 7.83. The normalized spacial score (nSPS) is 19.0. The number of hydrogen-bond acceptors (Lipinski definition) is 4. The Morgan fingerprint density at radius 1 is 1.21 bits per heavy atom. The number of barbiturate groups is 1. The van der Waals surface area contributed by atoms with Gasteiger partial charge in [-0.1, -0.05) is 18.2 Å². The molecule has 1 aromatic carbocycles. The third-order valence-electron chi connectivity index (χ3n) is 3.79. The van der Waals surface area contributed by atoms with Gasteiger partial charge in [-0.3, -0.25) is 19.9 Å². The van der Waals surface area contributed by atoms with Crippen LogP contribution in [0.1, 0.15) is 13.3 Å². The molecule has 0 bridgehead atoms. The van der Waals surface area contributed by atoms with Gasteiger partial charge in [0.25, 0.3) is 5.91 Å². The van der Waals surface area contributed by atoms with Crippen molar-refractivity contribution in [3.05, 3.63) is 30.3 Å². The molecule has 4 amide bonds. The minimum absolute atomic E-state index is 0.430. The molecule has 128 valence electrons. The zero-order valence-corrected chi connectivity index (χ0v) is 14.2. The molecule has 0 aromatic heterocycles. The number of imide groups is 2. The summed E-state index contributed by atoms with van der Waals surface area (Å²) < 4.78 is 0. The molecule has 2 N–H and O–H groups in total. The summed E-state index contributed by atoms with van der Waals surface area (Å²) in [6, 6.07) is 7.82. The smallest absolute Gasteiger partial charge is 0.335 e. The van der Waals surface area contributed by atoms with Gasteiger partial charge in [0.05, 0.1) is 26.3 Å². The lowest BCUT2D eigenvalue weighted by Gasteiger charge is -2.30. The number of rotatable bonds is 6. The molecule has 1 saturated heterocycles. The van der Waals surface area contributed by atoms with Crippen LogP contribution in [0.5, 0.6) is 0 Å². The highest BCUT2D eigenvalue weighted by molar-refractivity contribution is 6.35. The lowest BCUT2D eigenvalue weighted by Crippen LogP contribution is -3.05. The Labute approximate surface area is 141 Å². The summed E-state index contributed by atoms with van der Waals surface area (Å²) in [4.78, 5) is 43.5. The van der Waals surface area contributed by atoms with Crippen molar-refractivity contribution in [2.75, 3.05) is 32.1 Å². The first-order chi connectivity index (χ1) is 11.4. The van der Waals surface area contributed by atoms with E-state index in [1.807, 2.05) is 0 Å². The van der Waals surface area contributed by atoms with Crippen molar-refractivity contribution in [3.63, 3.8) is 0 Å². The number of aliphatic imine (C=N–C) groups is 1. The number of urea groups is 1. The molecule has 1 heterocycles. The number of anilines is 1. The lowest BCUT2D eigenvalue weighted by atomic mass is 9.99. The van der Waals surface area contributed by atoms with E-state index in [2.05, 4.69) is 24.4 Å². The third kappa shape index (κ3) is 4.05. The average Bonchev–Trinajstić information content (AvgIpc) is 2.52. The summed E-state index contributed by atoms with van der Waals surface area (Å²) in [5.41, 5.74) is 0.862. The van der Waals surface area contributed by atoms with Crippen molar-refractivity contribution in [3.8, 4) is 0 Å². The lowest BCUT2D eigenvalue weighted by molar-refractivity contribution is -0.858. The van der Waals surface area contributed by atoms with Crippen molar-refractivity contribution in [2.24, 2.45) is 10.9 Å². The van der Waals surface area contributed by atoms with E-state index in [9.17, 15) is 14.4 Å². The van der Waals surface area contributed by atoms with Gasteiger partial charge in [0, 0.05) is 18.7 Å². The first-order valence-corrected chi connectivity index (χ1v) is 7.95. The molecule has 24 heavy (non-hydrogen) atoms. The van der Waals surface area contributed by atoms with Crippen LogP contribution in [0.3, 0.4) is 0 Å². The quantitative estimate of drug-likeness (QED) is 0.433. The van der Waals surface area contributed by atoms with Gasteiger partial charge in [-0.2, -0.15) is 0 Å². The van der Waals surface area contributed by atoms with E-state index in [4.69, 9.17) is 0 Å². The second-order valence-electron chi connectivity index (χ2n) is 6.07. The van der Waals surface area contributed by atoms with E-state index in [0.29, 0.717) is 17.9 Å². The molecule has 1 atom stereocenters. The topological polar surface area (TPSA) is 83.3 Å². The van der Waals surface area contributed by atoms with Gasteiger partial charge in [-0.25, -0.2) is 9.69 Å². The van der Waals surface area contributed by atoms with E-state index in [-0.39, 0.29) is 0 Å². The van der Waals surface area contributed by atoms with Gasteiger partial charge in [0.2, 0.25) is 5.91 Å². The summed E-state index contributed by atoms with van der Waals surface area (Å²) in [7, 11) is 4.11. The fraction of sp³-hybridized carbons (Fsp3) is 0.412. The Hall–Kier alpha value is -2.54. The number of nitrogens with zero attached hydrogens (tertiary/aromatic N) is 2. The minimum Gasteiger partial charge on any atom is -0.340 e. The van der Waals surface area contributed by atoms with Crippen LogP contribution >= 0.6 is 0 Å². The Kier molecular flexibility index (Phi) is 5.81. The van der Waals surface area contributed by atoms with Crippen molar-refractivity contribution >= 4 is 29.2 Å². The molecule has 7 heteroatoms. The number of carbonyl (C=O) groups excluding carboxylic acids is 3. The number of para-hydroxylation sites is 1. The summed E-state index contributed by atoms with van der Waals surface area (Å²) in [5, 5.41) is 2.24. The molecule has 1 aliphatic heterocycles. The maximum absolute atomic E-state index is 12.7. The number of benzene rings is 1. The maximum Gasteiger partial charge on any atom is 0.335 e. The third-order valence-corrected chi connectivity index (χ3v) is 3.79. The van der Waals surface area contributed by atoms with Gasteiger partial charge in [0.1, 0.15) is 0 Å². The predicted molar refractivity (Wildman–Crippen MR) is 91.2 cm³/mol. The highest BCUT2D eigenvalue weighted by Gasteiger charge is 2.42. The molecule has 7 nitrogen and oxygen atoms in total. The van der Waals surface area contributed by atoms with Crippen LogP contribution in [0.25, 0.3) is 0 Å². The van der Waals surface area contributed by atoms with Crippen LogP contribution in [-0.2, 0) is 9.59 Å². The van der Waals surface area contributed by atoms with Crippen LogP contribution in [-0.4, -0.2) is 50.7 Å². The summed E-state index contributed by atoms with van der Waals surface area (Å²) in [5.74, 6) is -2.24. The van der Waals surface area contributed by atoms with Crippen LogP contribution in [0.4, 0.5) is 10.5 Å². The molecule has 2 rings (SSSR count). The molecule has 1 unspecified atom stereocenters. The number of nitrogens with one attached hydrogen (secondary N) is 2. The van der Waals surface area contributed by atoms with Gasteiger partial charge in [-0.05, 0) is 19.1 Å². The van der Waals surface area contributed by atoms with Gasteiger partial charge in [0.15, 0.2) is 5.92 Å². The van der Waals surface area contributed by atoms with Gasteiger partial charge >= 0.3 is 6.03 Å². The van der Waals surface area contributed by atoms with Crippen LogP contribution in [0.15, 0.2) is 35.3 Å². The Bertz CT molecular complexity index is 655. The van der Waals surface area contributed by atoms with Crippen LogP contribution < -0.4 is 15.1 Å². The van der Waals surface area contributed by atoms with Crippen LogP contribution in [0, 0.1) is 5.92 Å². The number of amides is 4. The Balaban J connectivity index is 2.17. The molecule has 0 radical (unpaired) electrons. The molecule has 1 aromatic rings. The standard InChI is InChI=1S/C17H22N4O3/c1-12(18-10-7-11-20(2)3)14-15(22)19-17(24)21(16(14)23)13-8-5-4-6-9-13/h4-6,8-9,14H,7,10-11H2,1-3H3,(H,19,22,24)/p+1. The SMILES string of the molecule is CC(=NCCC[NH+](C)C)C1C(=O)NC(=O)N(c2ccccc2)C1=O. The highest BCUT2D eigenvalue weighted by atomic mass is 16.2. The number of quaternary nitrogens is 1. The van der Waals surface area contributed by atoms with Crippen LogP contribution in [0.2, 0.25) is 0 Å². The van der Waals surface area contributed by atoms with Gasteiger partial charge < -0.3 is 4.90 Å². The molecule has 1 aliphatic rings. The maximum atomic E-state index is 12.7. The van der Waals surface area contributed by atoms with E-state index in [1.54, 1.807) is 37.3 Å². The monoisotopic (exact) mass is 331 g/mol. The fourth-order valence-corrected chi connectivity index (χ4v) is 2.54. The van der Waals surface area contributed by atoms with Crippen molar-refractivity contribution in [1.29, 1.82) is 0 Å². The largest absolute Gasteiger partial charge is 0.340 e. The Morgan fingerprint density at radius 2 is 1.88 bits per heavy atom. The molecule has 0 aliphatic carbocycles. The zero-order chi connectivity index (χ0) is 17.7. The Morgan fingerprint density at radius 3 is 2.50 bits per heavy atom. The number of hydrogen-bond donors (Lipinski definition) is 2. The van der Waals surface area contributed by atoms with Crippen molar-refractivity contribution in [2.45, 2.75) is 13.3 Å². The molecule has 0 spiro atoms. The first kappa shape index (κ1) is 17.8. The summed E-state index contributed by atoms with van der Waals surface area (Å²) >= 11 is 0. The summed E-state index contributed by atoms with van der Waals surface area (Å²) in [6.45, 7) is 3.16. The predicted octanol–water partition coefficient (Wildman–Crippen LogP) is -0.119. The van der Waals surface area contributed by atoms with Crippen molar-refractivity contribution in [1.82, 2.24) is 5.32 Å². The fourth-order valence-electron chi connectivity index (χ4n) is 2.54. The van der Waals surface area contributed by atoms with E-state index >= 15 is 0 Å². The number of carbonyl (C=O) groups is 3. The molecular formula is C17H23N4O3+. The van der Waals surface area contributed by atoms with Crippen molar-refractivity contribution < 1.29 is 19.3 Å². The highest BCUT2D eigenvalue weighted by Crippen LogP contribution is 2.21. The molecule has 0 saturated carbocycles. The molecular weight excluding hydrogens is 308 g/mol. The average molecular weight is 331 g/mol. The van der Waals surface area contributed by atoms with E-state index < -0.39 is 23.8 Å². The first-order valence-electron chi connectivity index (χ1n) is 7.95. The summed E-state index contributed by atoms with van der Waals surface area (Å²) in [6.07, 6.45) is 0.865. The zero-order valence-electron chi connectivity index (χ0n) is 14.2. The second-order valence-corrected chi connectivity index (χ2v) is 6.07. The van der Waals surface area contributed by atoms with E-state index in [0.717, 1.165) is 17.9 Å². The minimum atomic E-state index is -1.06. The van der Waals surface area contributed by atoms with Gasteiger partial charge in [-0.15, -0.1) is 0 Å². The van der Waals surface area contributed by atoms with E-state index in [1.165, 1.54) is 4.90 Å².